The average Bonchev–Trinajstić information content (AvgIpc) is 1.63. The second-order valence-electron chi connectivity index (χ2n) is 31.8. The Morgan fingerprint density at radius 1 is 0.550 bits per heavy atom. The normalized spacial score (nSPS) is 14.3. The van der Waals surface area contributed by atoms with Crippen molar-refractivity contribution in [3.63, 3.8) is 0 Å². The predicted octanol–water partition coefficient (Wildman–Crippen LogP) is 10.0. The van der Waals surface area contributed by atoms with Crippen LogP contribution in [-0.2, 0) is 17.6 Å². The lowest BCUT2D eigenvalue weighted by atomic mass is 10.1. The van der Waals surface area contributed by atoms with Crippen molar-refractivity contribution >= 4 is 240 Å². The van der Waals surface area contributed by atoms with Gasteiger partial charge in [-0.15, -0.1) is 0 Å². The Bertz CT molecular complexity index is 7570. The number of carbonyl (C=O) groups is 5. The number of aryl methyl sites for hydroxylation is 3. The zero-order valence-electron chi connectivity index (χ0n) is 75.8. The summed E-state index contributed by atoms with van der Waals surface area (Å²) < 4.78 is 13.0. The number of pyridine rings is 4. The van der Waals surface area contributed by atoms with Gasteiger partial charge < -0.3 is 79.5 Å². The number of aliphatic imine (C=N–C) groups is 4. The third kappa shape index (κ3) is 22.6. The van der Waals surface area contributed by atoms with Crippen LogP contribution >= 0.6 is 104 Å². The molecule has 3 amide bonds. The molecular weight excluding hydrogens is 2000 g/mol. The molecule has 0 fully saturated rings. The van der Waals surface area contributed by atoms with E-state index in [-0.39, 0.29) is 154 Å². The van der Waals surface area contributed by atoms with Gasteiger partial charge in [0.15, 0.2) is 11.4 Å². The highest BCUT2D eigenvalue weighted by atomic mass is 35.5. The van der Waals surface area contributed by atoms with Gasteiger partial charge in [-0.25, -0.2) is 49.8 Å². The number of aliphatic hydroxyl groups is 3. The number of alkyl halides is 1. The molecule has 140 heavy (non-hydrogen) atoms. The second-order valence-corrected chi connectivity index (χ2v) is 37.1. The van der Waals surface area contributed by atoms with Crippen LogP contribution in [0.5, 0.6) is 11.5 Å². The molecule has 5 unspecified atom stereocenters. The van der Waals surface area contributed by atoms with Crippen LogP contribution in [0.4, 0.5) is 60.6 Å². The monoisotopic (exact) mass is 2080 g/mol. The summed E-state index contributed by atoms with van der Waals surface area (Å²) >= 11 is 35.3. The number of aromatic nitrogens is 16. The van der Waals surface area contributed by atoms with E-state index in [0.717, 1.165) is 57.9 Å². The number of amidine groups is 4. The van der Waals surface area contributed by atoms with Crippen molar-refractivity contribution in [3.05, 3.63) is 233 Å². The standard InChI is InChI=1S/C23H25N9O5S.C22H22Cl2N6O3S.C21H22Cl2N8O2S.C20H19ClN8O4S/c1-11(16(35)9-33)27-20(24)19-21(36)30-38-22(19)29-17-8-14(25-10-26-17)23(37)32-7-6-13-15(32)4-5-18(28-13)31(3)12(2)34;1-9(2)27-19(25)16-20(32)29-34-21(16)28-11-4-5-15(31)13(7-11)22(33)30-10(3)6-12-14(30)8-26-18(24)17(12)23;1-8(2)26-17(24)14-18(32)30-34-19(14)29-21-25-7-9(3)15(28-21)20(33)31-12-5-10(4)27-16(23)11(12)6-13(31)22;1-8-5-11-10(15(21)24-8)3-4-29(11)19(33)14-12(31)6-23-20(26-14)27-18-13(17(32)28-34-18)16(22)25-9(2)7-30/h4-8,10-11,16,33,35H,9H2,1-3H3,(H2,24,27)(H,30,36)(H,25,26,29);4-5,7-10,28,31H,6H2,1-3H3,(H2,25,27)(H,29,32);5,7-8,13H,6H2,1-4H3,(H2,24,26)(H,30,32)(H,25,28,29);3-6,9,30-31H,7H2,1-2H3,(H2,22,25)(H,28,32)(H,23,26,27). The van der Waals surface area contributed by atoms with Crippen molar-refractivity contribution in [2.45, 2.75) is 131 Å². The third-order valence-corrected chi connectivity index (χ3v) is 25.8. The number of hydrogen-bond donors (Lipinski definition) is 17. The fourth-order valence-corrected chi connectivity index (χ4v) is 18.4. The van der Waals surface area contributed by atoms with Crippen molar-refractivity contribution in [1.29, 1.82) is 0 Å². The molecule has 45 nitrogen and oxygen atoms in total. The van der Waals surface area contributed by atoms with E-state index in [4.69, 9.17) is 86.0 Å². The summed E-state index contributed by atoms with van der Waals surface area (Å²) in [6, 6.07) is 14.4. The van der Waals surface area contributed by atoms with Crippen LogP contribution in [0.2, 0.25) is 20.5 Å². The van der Waals surface area contributed by atoms with Crippen molar-refractivity contribution in [2.75, 3.05) is 56.2 Å². The van der Waals surface area contributed by atoms with E-state index in [9.17, 15) is 63.6 Å². The number of nitrogens with two attached hydrogens (primary N) is 4. The SMILES string of the molecule is CC(=O)N(C)c1ccc2c(ccn2C(=O)c2cc(Nc3s[nH]c(=O)c3C(N)=NC(C)C(O)CO)ncn2)n1.CC(C)N=C(N)c1c(Nc2ccc(O)c(C(=O)N3c4cnc(Cl)c(Cl)c4CC3C)c2)s[nH]c1=O.Cc1cc2c(c(Cl)n1)CC(Cl)N2C(=O)c1nc(Nc2s[nH]c(=O)c2C(N)=NC(C)C)ncc1C.Cc1cc2c(ccn2C(=O)c2nc(Nc3s[nH]c(=O)c3C(N)=NC(C)CO)ncc2O)c(Cl)n1. The van der Waals surface area contributed by atoms with Gasteiger partial charge in [0.25, 0.3) is 45.9 Å². The van der Waals surface area contributed by atoms with E-state index in [1.807, 2.05) is 34.6 Å². The average molecular weight is 2090 g/mol. The highest BCUT2D eigenvalue weighted by molar-refractivity contribution is 7.11. The van der Waals surface area contributed by atoms with Gasteiger partial charge in [-0.3, -0.25) is 94.6 Å². The van der Waals surface area contributed by atoms with Crippen molar-refractivity contribution < 1.29 is 49.5 Å². The predicted molar refractivity (Wildman–Crippen MR) is 542 cm³/mol. The number of halogens is 5. The summed E-state index contributed by atoms with van der Waals surface area (Å²) in [7, 11) is 1.61. The molecule has 0 aliphatic carbocycles. The van der Waals surface area contributed by atoms with Crippen LogP contribution in [-0.4, -0.2) is 217 Å². The number of aliphatic hydroxyl groups excluding tert-OH is 3. The number of phenolic OH excluding ortho intramolecular Hbond substituents is 1. The molecule has 1 aromatic carbocycles. The highest BCUT2D eigenvalue weighted by Crippen LogP contribution is 2.43. The van der Waals surface area contributed by atoms with Crippen LogP contribution in [0.3, 0.4) is 0 Å². The van der Waals surface area contributed by atoms with Gasteiger partial charge in [0.05, 0.1) is 82.3 Å². The van der Waals surface area contributed by atoms with Gasteiger partial charge in [-0.2, -0.15) is 0 Å². The maximum Gasteiger partial charge on any atom is 0.285 e. The van der Waals surface area contributed by atoms with Gasteiger partial charge in [-0.1, -0.05) is 58.0 Å². The lowest BCUT2D eigenvalue weighted by Gasteiger charge is -2.23. The second kappa shape index (κ2) is 43.8. The molecule has 0 spiro atoms. The Kier molecular flexibility index (Phi) is 32.2. The maximum atomic E-state index is 13.5. The maximum absolute atomic E-state index is 13.5. The first-order valence-electron chi connectivity index (χ1n) is 41.9. The van der Waals surface area contributed by atoms with Crippen molar-refractivity contribution in [1.82, 2.24) is 76.5 Å². The van der Waals surface area contributed by atoms with E-state index in [2.05, 4.69) is 109 Å². The summed E-state index contributed by atoms with van der Waals surface area (Å²) in [5.41, 5.74) is 28.7. The van der Waals surface area contributed by atoms with E-state index in [1.54, 1.807) is 90.3 Å². The summed E-state index contributed by atoms with van der Waals surface area (Å²) in [4.78, 5) is 177. The molecule has 21 N–H and O–H groups in total. The molecule has 730 valence electrons. The third-order valence-electron chi connectivity index (χ3n) is 20.9. The van der Waals surface area contributed by atoms with E-state index in [1.165, 1.54) is 73.9 Å². The summed E-state index contributed by atoms with van der Waals surface area (Å²) in [6.07, 6.45) is 8.10. The number of fused-ring (bicyclic) bond motifs is 4. The largest absolute Gasteiger partial charge is 0.507 e. The molecule has 13 aromatic heterocycles. The van der Waals surface area contributed by atoms with E-state index >= 15 is 0 Å². The van der Waals surface area contributed by atoms with Crippen LogP contribution < -0.4 is 81.1 Å². The molecule has 14 aromatic rings. The van der Waals surface area contributed by atoms with Crippen LogP contribution in [0, 0.1) is 20.8 Å². The Morgan fingerprint density at radius 2 is 1.10 bits per heavy atom. The number of benzene rings is 1. The molecule has 54 heteroatoms. The molecule has 15 heterocycles. The summed E-state index contributed by atoms with van der Waals surface area (Å²) in [5, 5.41) is 63.7. The first-order chi connectivity index (χ1) is 66.4. The smallest absolute Gasteiger partial charge is 0.285 e. The number of anilines is 11. The number of phenols is 1. The number of amides is 3. The Hall–Kier alpha value is -14.4. The van der Waals surface area contributed by atoms with E-state index in [0.29, 0.717) is 100 Å². The van der Waals surface area contributed by atoms with Crippen molar-refractivity contribution in [2.24, 2.45) is 42.9 Å². The first kappa shape index (κ1) is 103. The Morgan fingerprint density at radius 3 is 1.69 bits per heavy atom. The number of H-pyrrole nitrogens is 4. The first-order valence-corrected chi connectivity index (χ1v) is 47.1. The quantitative estimate of drug-likeness (QED) is 0.00667. The fourth-order valence-electron chi connectivity index (χ4n) is 14.1. The number of aromatic amines is 4. The van der Waals surface area contributed by atoms with Gasteiger partial charge in [-0.05, 0) is 182 Å². The van der Waals surface area contributed by atoms with Crippen LogP contribution in [0.1, 0.15) is 148 Å². The van der Waals surface area contributed by atoms with Gasteiger partial charge in [0.1, 0.15) is 122 Å². The highest BCUT2D eigenvalue weighted by Gasteiger charge is 2.39. The van der Waals surface area contributed by atoms with Crippen LogP contribution in [0.25, 0.3) is 21.9 Å². The van der Waals surface area contributed by atoms with Gasteiger partial charge in [0, 0.05) is 96.8 Å². The molecule has 0 saturated carbocycles. The summed E-state index contributed by atoms with van der Waals surface area (Å²) in [6.45, 7) is 18.4. The molecular formula is C86H88Cl5N31O14S4. The molecule has 0 radical (unpaired) electrons. The zero-order chi connectivity index (χ0) is 102. The molecule has 2 aliphatic heterocycles. The fraction of sp³-hybridized carbons (Fsp3) is 0.267. The minimum atomic E-state index is -1.14. The minimum absolute atomic E-state index is 0.0345. The number of aromatic hydroxyl groups is 2. The molecule has 0 bridgehead atoms. The molecule has 16 rings (SSSR count). The van der Waals surface area contributed by atoms with Crippen molar-refractivity contribution in [3.8, 4) is 11.5 Å². The van der Waals surface area contributed by atoms with Gasteiger partial charge >= 0.3 is 0 Å². The van der Waals surface area contributed by atoms with Crippen LogP contribution in [0.15, 0.2) is 137 Å². The lowest BCUT2D eigenvalue weighted by Crippen LogP contribution is -2.35. The number of nitrogens with zero attached hydrogens (tertiary/aromatic N) is 19. The number of hydrogen-bond acceptors (Lipinski definition) is 36. The Balaban J connectivity index is 0.000000157. The lowest BCUT2D eigenvalue weighted by molar-refractivity contribution is -0.116. The molecule has 2 aliphatic rings. The number of carbonyl (C=O) groups excluding carboxylic acids is 5. The molecule has 0 saturated heterocycles. The number of nitrogens with one attached hydrogen (secondary N) is 8. The summed E-state index contributed by atoms with van der Waals surface area (Å²) in [5.74, 6) is -1.96. The minimum Gasteiger partial charge on any atom is -0.507 e. The Labute approximate surface area is 834 Å². The topological polar surface area (TPSA) is 668 Å². The zero-order valence-corrected chi connectivity index (χ0v) is 82.9. The molecule has 5 atom stereocenters. The van der Waals surface area contributed by atoms with E-state index < -0.39 is 70.8 Å². The number of rotatable bonds is 24. The van der Waals surface area contributed by atoms with Gasteiger partial charge in [0.2, 0.25) is 17.8 Å².